The molecule has 0 bridgehead atoms. The van der Waals surface area contributed by atoms with Crippen LogP contribution in [0.15, 0.2) is 12.1 Å². The van der Waals surface area contributed by atoms with Gasteiger partial charge >= 0.3 is 0 Å². The van der Waals surface area contributed by atoms with Crippen molar-refractivity contribution in [2.24, 2.45) is 0 Å². The predicted octanol–water partition coefficient (Wildman–Crippen LogP) is 3.93. The van der Waals surface area contributed by atoms with Crippen LogP contribution in [0.5, 0.6) is 0 Å². The second-order valence-electron chi connectivity index (χ2n) is 5.45. The summed E-state index contributed by atoms with van der Waals surface area (Å²) < 4.78 is 17.2. The van der Waals surface area contributed by atoms with E-state index in [0.717, 1.165) is 24.1 Å². The Morgan fingerprint density at radius 3 is 3.00 bits per heavy atom. The molecule has 0 spiro atoms. The van der Waals surface area contributed by atoms with Gasteiger partial charge in [0.05, 0.1) is 14.6 Å². The Hall–Kier alpha value is -0.470. The van der Waals surface area contributed by atoms with Crippen LogP contribution in [-0.2, 0) is 6.54 Å². The van der Waals surface area contributed by atoms with E-state index in [1.165, 1.54) is 19.3 Å². The zero-order chi connectivity index (χ0) is 14.3. The molecule has 1 aromatic carbocycles. The Morgan fingerprint density at radius 1 is 1.45 bits per heavy atom. The second kappa shape index (κ2) is 5.73. The third-order valence-electron chi connectivity index (χ3n) is 4.13. The maximum Gasteiger partial charge on any atom is 0.178 e. The largest absolute Gasteiger partial charge is 0.331 e. The van der Waals surface area contributed by atoms with Crippen LogP contribution in [0.1, 0.15) is 19.3 Å². The summed E-state index contributed by atoms with van der Waals surface area (Å²) in [5.41, 5.74) is 1.78. The van der Waals surface area contributed by atoms with Gasteiger partial charge in [-0.3, -0.25) is 0 Å². The highest BCUT2D eigenvalue weighted by atomic mass is 127. The number of hydrogen-bond acceptors (Lipinski definition) is 2. The number of halogens is 2. The number of rotatable bonds is 2. The molecule has 1 aliphatic rings. The van der Waals surface area contributed by atoms with Gasteiger partial charge in [-0.05, 0) is 67.3 Å². The van der Waals surface area contributed by atoms with Crippen molar-refractivity contribution in [3.63, 3.8) is 0 Å². The number of piperidine rings is 1. The number of likely N-dealkylation sites (N-methyl/N-ethyl adjacent to an activating group) is 1. The van der Waals surface area contributed by atoms with Crippen molar-refractivity contribution in [3.05, 3.63) is 26.3 Å². The van der Waals surface area contributed by atoms with E-state index >= 15 is 0 Å². The summed E-state index contributed by atoms with van der Waals surface area (Å²) in [7, 11) is 2.16. The lowest BCUT2D eigenvalue weighted by atomic mass is 10.0. The fourth-order valence-corrected chi connectivity index (χ4v) is 3.67. The molecule has 1 unspecified atom stereocenters. The van der Waals surface area contributed by atoms with Crippen molar-refractivity contribution in [2.45, 2.75) is 31.8 Å². The lowest BCUT2D eigenvalue weighted by Gasteiger charge is -2.32. The molecule has 1 saturated heterocycles. The van der Waals surface area contributed by atoms with E-state index in [9.17, 15) is 4.39 Å². The van der Waals surface area contributed by atoms with Crippen LogP contribution in [0.4, 0.5) is 4.39 Å². The molecule has 1 aliphatic heterocycles. The van der Waals surface area contributed by atoms with Gasteiger partial charge in [0.1, 0.15) is 5.82 Å². The van der Waals surface area contributed by atoms with Crippen LogP contribution in [0.2, 0.25) is 0 Å². The molecule has 0 radical (unpaired) electrons. The van der Waals surface area contributed by atoms with E-state index < -0.39 is 0 Å². The van der Waals surface area contributed by atoms with Gasteiger partial charge in [0.25, 0.3) is 0 Å². The van der Waals surface area contributed by atoms with Crippen LogP contribution < -0.4 is 0 Å². The van der Waals surface area contributed by atoms with Gasteiger partial charge in [-0.1, -0.05) is 6.42 Å². The quantitative estimate of drug-likeness (QED) is 0.605. The lowest BCUT2D eigenvalue weighted by molar-refractivity contribution is 0.168. The summed E-state index contributed by atoms with van der Waals surface area (Å²) in [6, 6.07) is 3.89. The average Bonchev–Trinajstić information content (AvgIpc) is 2.69. The summed E-state index contributed by atoms with van der Waals surface area (Å²) >= 11 is 7.42. The maximum absolute atomic E-state index is 13.8. The minimum Gasteiger partial charge on any atom is -0.331 e. The number of benzene rings is 1. The second-order valence-corrected chi connectivity index (χ2v) is 7.00. The Kier molecular flexibility index (Phi) is 4.14. The molecule has 6 heteroatoms. The SMILES string of the molecule is CN1CCCCC1Cn1c(=S)[nH]c2cc(I)c(F)cc21. The molecule has 108 valence electrons. The molecule has 2 aromatic rings. The number of nitrogens with one attached hydrogen (secondary N) is 1. The standard InChI is InChI=1S/C14H17FIN3S/c1-18-5-3-2-4-9(18)8-19-13-6-10(15)11(16)7-12(13)17-14(19)20/h6-7,9H,2-5,8H2,1H3,(H,17,20). The lowest BCUT2D eigenvalue weighted by Crippen LogP contribution is -2.39. The fourth-order valence-electron chi connectivity index (χ4n) is 2.92. The zero-order valence-corrected chi connectivity index (χ0v) is 14.3. The first-order valence-corrected chi connectivity index (χ1v) is 8.33. The van der Waals surface area contributed by atoms with Gasteiger partial charge in [0.2, 0.25) is 0 Å². The van der Waals surface area contributed by atoms with Gasteiger partial charge in [-0.2, -0.15) is 0 Å². The predicted molar refractivity (Wildman–Crippen MR) is 90.1 cm³/mol. The molecule has 3 nitrogen and oxygen atoms in total. The fraction of sp³-hybridized carbons (Fsp3) is 0.500. The number of likely N-dealkylation sites (tertiary alicyclic amines) is 1. The topological polar surface area (TPSA) is 24.0 Å². The summed E-state index contributed by atoms with van der Waals surface area (Å²) in [5, 5.41) is 0. The Morgan fingerprint density at radius 2 is 2.25 bits per heavy atom. The highest BCUT2D eigenvalue weighted by molar-refractivity contribution is 14.1. The summed E-state index contributed by atoms with van der Waals surface area (Å²) in [4.78, 5) is 5.57. The van der Waals surface area contributed by atoms with Gasteiger partial charge < -0.3 is 14.5 Å². The number of fused-ring (bicyclic) bond motifs is 1. The minimum atomic E-state index is -0.183. The third-order valence-corrected chi connectivity index (χ3v) is 5.28. The minimum absolute atomic E-state index is 0.183. The Labute approximate surface area is 136 Å². The van der Waals surface area contributed by atoms with Gasteiger partial charge in [0.15, 0.2) is 4.77 Å². The zero-order valence-electron chi connectivity index (χ0n) is 11.3. The number of hydrogen-bond donors (Lipinski definition) is 1. The summed E-state index contributed by atoms with van der Waals surface area (Å²) in [5.74, 6) is -0.183. The number of aromatic amines is 1. The molecule has 1 N–H and O–H groups in total. The van der Waals surface area contributed by atoms with Crippen LogP contribution in [0.3, 0.4) is 0 Å². The molecule has 20 heavy (non-hydrogen) atoms. The smallest absolute Gasteiger partial charge is 0.178 e. The van der Waals surface area contributed by atoms with Gasteiger partial charge in [-0.25, -0.2) is 4.39 Å². The van der Waals surface area contributed by atoms with Crippen LogP contribution >= 0.6 is 34.8 Å². The monoisotopic (exact) mass is 405 g/mol. The molecule has 1 aromatic heterocycles. The molecule has 3 rings (SSSR count). The Bertz CT molecular complexity index is 694. The molecule has 1 fully saturated rings. The summed E-state index contributed by atoms with van der Waals surface area (Å²) in [6.07, 6.45) is 3.70. The number of imidazole rings is 1. The molecule has 0 aliphatic carbocycles. The summed E-state index contributed by atoms with van der Waals surface area (Å²) in [6.45, 7) is 1.96. The number of nitrogens with zero attached hydrogens (tertiary/aromatic N) is 2. The van der Waals surface area contributed by atoms with E-state index in [-0.39, 0.29) is 5.82 Å². The molecular formula is C14H17FIN3S. The van der Waals surface area contributed by atoms with E-state index in [2.05, 4.69) is 16.9 Å². The molecular weight excluding hydrogens is 388 g/mol. The van der Waals surface area contributed by atoms with Crippen molar-refractivity contribution >= 4 is 45.8 Å². The molecule has 0 saturated carbocycles. The van der Waals surface area contributed by atoms with Crippen molar-refractivity contribution < 1.29 is 4.39 Å². The van der Waals surface area contributed by atoms with Crippen LogP contribution in [0.25, 0.3) is 11.0 Å². The van der Waals surface area contributed by atoms with Crippen LogP contribution in [0, 0.1) is 14.2 Å². The first-order chi connectivity index (χ1) is 9.56. The molecule has 1 atom stereocenters. The number of H-pyrrole nitrogens is 1. The van der Waals surface area contributed by atoms with Crippen molar-refractivity contribution in [1.29, 1.82) is 0 Å². The van der Waals surface area contributed by atoms with Gasteiger partial charge in [0, 0.05) is 18.7 Å². The first-order valence-electron chi connectivity index (χ1n) is 6.84. The van der Waals surface area contributed by atoms with Crippen molar-refractivity contribution in [3.8, 4) is 0 Å². The first kappa shape index (κ1) is 14.5. The van der Waals surface area contributed by atoms with E-state index in [1.54, 1.807) is 6.07 Å². The highest BCUT2D eigenvalue weighted by Crippen LogP contribution is 2.23. The molecule has 0 amide bonds. The Balaban J connectivity index is 2.00. The van der Waals surface area contributed by atoms with Gasteiger partial charge in [-0.15, -0.1) is 0 Å². The van der Waals surface area contributed by atoms with E-state index in [1.807, 2.05) is 33.2 Å². The third kappa shape index (κ3) is 2.65. The van der Waals surface area contributed by atoms with E-state index in [4.69, 9.17) is 12.2 Å². The maximum atomic E-state index is 13.8. The number of aromatic nitrogens is 2. The van der Waals surface area contributed by atoms with Crippen molar-refractivity contribution in [1.82, 2.24) is 14.5 Å². The normalized spacial score (nSPS) is 20.6. The van der Waals surface area contributed by atoms with Crippen molar-refractivity contribution in [2.75, 3.05) is 13.6 Å². The van der Waals surface area contributed by atoms with E-state index in [0.29, 0.717) is 14.4 Å². The average molecular weight is 405 g/mol. The molecule has 2 heterocycles. The highest BCUT2D eigenvalue weighted by Gasteiger charge is 2.20. The van der Waals surface area contributed by atoms with Crippen LogP contribution in [-0.4, -0.2) is 34.1 Å².